The molecule has 10 heteroatoms. The zero-order valence-electron chi connectivity index (χ0n) is 20.8. The molecule has 0 aromatic rings. The molecule has 0 radical (unpaired) electrons. The Bertz CT molecular complexity index is 866. The van der Waals surface area contributed by atoms with E-state index in [2.05, 4.69) is 0 Å². The number of hydrogen-bond donors (Lipinski definition) is 1. The first kappa shape index (κ1) is 24.1. The first-order valence-corrected chi connectivity index (χ1v) is 12.9. The second-order valence-electron chi connectivity index (χ2n) is 11.9. The topological polar surface area (TPSA) is 119 Å². The number of fused-ring (bicyclic) bond motifs is 3. The van der Waals surface area contributed by atoms with Gasteiger partial charge in [-0.05, 0) is 65.7 Å². The fraction of sp³-hybridized carbons (Fsp3) is 0.920. The molecule has 196 valence electrons. The third-order valence-corrected chi connectivity index (χ3v) is 8.81. The molecule has 0 aromatic heterocycles. The smallest absolute Gasteiger partial charge is 0.338 e. The van der Waals surface area contributed by atoms with E-state index < -0.39 is 60.3 Å². The van der Waals surface area contributed by atoms with Gasteiger partial charge in [0.25, 0.3) is 0 Å². The molecule has 1 spiro atoms. The summed E-state index contributed by atoms with van der Waals surface area (Å²) in [6, 6.07) is 0. The van der Waals surface area contributed by atoms with Crippen molar-refractivity contribution < 1.29 is 47.9 Å². The molecule has 3 aliphatic heterocycles. The number of aliphatic hydroxyl groups is 1. The molecule has 7 fully saturated rings. The molecule has 4 aliphatic carbocycles. The van der Waals surface area contributed by atoms with Crippen LogP contribution in [0.1, 0.15) is 59.8 Å². The van der Waals surface area contributed by atoms with Gasteiger partial charge in [0.05, 0.1) is 6.61 Å². The highest BCUT2D eigenvalue weighted by Gasteiger charge is 2.72. The molecule has 7 rings (SSSR count). The van der Waals surface area contributed by atoms with Gasteiger partial charge in [-0.15, -0.1) is 0 Å². The van der Waals surface area contributed by atoms with Crippen molar-refractivity contribution in [3.63, 3.8) is 0 Å². The fourth-order valence-corrected chi connectivity index (χ4v) is 7.66. The van der Waals surface area contributed by atoms with Gasteiger partial charge in [0, 0.05) is 23.9 Å². The van der Waals surface area contributed by atoms with E-state index in [4.69, 9.17) is 33.2 Å². The molecule has 3 heterocycles. The van der Waals surface area contributed by atoms with E-state index in [9.17, 15) is 14.7 Å². The molecule has 0 amide bonds. The zero-order valence-corrected chi connectivity index (χ0v) is 20.8. The van der Waals surface area contributed by atoms with E-state index in [-0.39, 0.29) is 17.3 Å². The first-order valence-electron chi connectivity index (χ1n) is 12.9. The fourth-order valence-electron chi connectivity index (χ4n) is 7.66. The van der Waals surface area contributed by atoms with Crippen LogP contribution in [0.15, 0.2) is 0 Å². The molecular weight excluding hydrogens is 460 g/mol. The normalized spacial score (nSPS) is 48.2. The van der Waals surface area contributed by atoms with E-state index in [1.54, 1.807) is 6.92 Å². The molecule has 4 saturated carbocycles. The summed E-state index contributed by atoms with van der Waals surface area (Å²) in [6.07, 6.45) is 0.917. The van der Waals surface area contributed by atoms with E-state index in [0.717, 1.165) is 32.1 Å². The molecule has 1 N–H and O–H groups in total. The summed E-state index contributed by atoms with van der Waals surface area (Å²) < 4.78 is 41.8. The summed E-state index contributed by atoms with van der Waals surface area (Å²) in [5, 5.41) is 9.97. The lowest BCUT2D eigenvalue weighted by atomic mass is 9.47. The van der Waals surface area contributed by atoms with Crippen LogP contribution < -0.4 is 0 Å². The van der Waals surface area contributed by atoms with Crippen molar-refractivity contribution in [2.75, 3.05) is 13.2 Å². The SMILES string of the molecule is CCOC(C)OC1C(=O)OC2C3OC4(OC3OC12)C1CC2CC4CC(COC(=O)C(C)(C)O)(C2)C1. The van der Waals surface area contributed by atoms with Crippen LogP contribution in [-0.4, -0.2) is 78.6 Å². The van der Waals surface area contributed by atoms with Gasteiger partial charge in [0.1, 0.15) is 6.10 Å². The number of carbonyl (C=O) groups excluding carboxylic acids is 2. The van der Waals surface area contributed by atoms with E-state index >= 15 is 0 Å². The van der Waals surface area contributed by atoms with Crippen LogP contribution in [0.4, 0.5) is 0 Å². The van der Waals surface area contributed by atoms with Crippen molar-refractivity contribution in [1.29, 1.82) is 0 Å². The maximum Gasteiger partial charge on any atom is 0.338 e. The highest BCUT2D eigenvalue weighted by Crippen LogP contribution is 2.67. The predicted molar refractivity (Wildman–Crippen MR) is 116 cm³/mol. The largest absolute Gasteiger partial charge is 0.463 e. The monoisotopic (exact) mass is 496 g/mol. The molecule has 35 heavy (non-hydrogen) atoms. The van der Waals surface area contributed by atoms with Crippen molar-refractivity contribution in [3.8, 4) is 0 Å². The lowest BCUT2D eigenvalue weighted by Gasteiger charge is -2.62. The van der Waals surface area contributed by atoms with Crippen LogP contribution in [0.2, 0.25) is 0 Å². The highest BCUT2D eigenvalue weighted by molar-refractivity contribution is 5.78. The van der Waals surface area contributed by atoms with Crippen molar-refractivity contribution in [3.05, 3.63) is 0 Å². The maximum absolute atomic E-state index is 12.5. The first-order chi connectivity index (χ1) is 16.5. The van der Waals surface area contributed by atoms with Gasteiger partial charge in [-0.2, -0.15) is 0 Å². The highest BCUT2D eigenvalue weighted by atomic mass is 16.9. The molecule has 0 aromatic carbocycles. The van der Waals surface area contributed by atoms with Crippen LogP contribution in [0.3, 0.4) is 0 Å². The summed E-state index contributed by atoms with van der Waals surface area (Å²) >= 11 is 0. The van der Waals surface area contributed by atoms with Gasteiger partial charge in [0.15, 0.2) is 42.3 Å². The predicted octanol–water partition coefficient (Wildman–Crippen LogP) is 1.66. The van der Waals surface area contributed by atoms with Crippen LogP contribution in [0.5, 0.6) is 0 Å². The minimum atomic E-state index is -1.51. The lowest BCUT2D eigenvalue weighted by molar-refractivity contribution is -0.338. The van der Waals surface area contributed by atoms with Crippen molar-refractivity contribution in [2.24, 2.45) is 23.2 Å². The van der Waals surface area contributed by atoms with E-state index in [1.807, 2.05) is 6.92 Å². The van der Waals surface area contributed by atoms with Crippen LogP contribution in [0.25, 0.3) is 0 Å². The number of esters is 2. The summed E-state index contributed by atoms with van der Waals surface area (Å²) in [4.78, 5) is 24.7. The Kier molecular flexibility index (Phi) is 5.57. The van der Waals surface area contributed by atoms with Crippen molar-refractivity contribution >= 4 is 11.9 Å². The van der Waals surface area contributed by atoms with Gasteiger partial charge in [-0.1, -0.05) is 0 Å². The molecule has 3 saturated heterocycles. The second kappa shape index (κ2) is 8.10. The Labute approximate surface area is 204 Å². The number of ether oxygens (including phenoxy) is 7. The summed E-state index contributed by atoms with van der Waals surface area (Å²) in [7, 11) is 0. The Hall–Kier alpha value is -1.30. The van der Waals surface area contributed by atoms with E-state index in [1.165, 1.54) is 13.8 Å². The Morgan fingerprint density at radius 3 is 2.51 bits per heavy atom. The van der Waals surface area contributed by atoms with Gasteiger partial charge < -0.3 is 38.3 Å². The van der Waals surface area contributed by atoms with Gasteiger partial charge >= 0.3 is 11.9 Å². The molecule has 8 atom stereocenters. The molecular formula is C25H36O10. The summed E-state index contributed by atoms with van der Waals surface area (Å²) in [6.45, 7) is 7.27. The Morgan fingerprint density at radius 2 is 1.86 bits per heavy atom. The number of rotatable bonds is 7. The average molecular weight is 497 g/mol. The molecule has 7 aliphatic rings. The molecule has 8 unspecified atom stereocenters. The molecule has 10 nitrogen and oxygen atoms in total. The molecule has 4 bridgehead atoms. The maximum atomic E-state index is 12.5. The second-order valence-corrected chi connectivity index (χ2v) is 11.9. The van der Waals surface area contributed by atoms with Crippen molar-refractivity contribution in [1.82, 2.24) is 0 Å². The van der Waals surface area contributed by atoms with Gasteiger partial charge in [-0.25, -0.2) is 9.59 Å². The Balaban J connectivity index is 1.15. The van der Waals surface area contributed by atoms with Crippen LogP contribution in [-0.2, 0) is 42.7 Å². The van der Waals surface area contributed by atoms with Crippen molar-refractivity contribution in [2.45, 2.75) is 108 Å². The Morgan fingerprint density at radius 1 is 1.14 bits per heavy atom. The zero-order chi connectivity index (χ0) is 24.8. The third-order valence-electron chi connectivity index (χ3n) is 8.81. The minimum absolute atomic E-state index is 0.120. The van der Waals surface area contributed by atoms with Crippen LogP contribution >= 0.6 is 0 Å². The lowest BCUT2D eigenvalue weighted by Crippen LogP contribution is -2.63. The van der Waals surface area contributed by atoms with Gasteiger partial charge in [-0.3, -0.25) is 0 Å². The third kappa shape index (κ3) is 3.75. The summed E-state index contributed by atoms with van der Waals surface area (Å²) in [5.74, 6) is -1.02. The quantitative estimate of drug-likeness (QED) is 0.412. The number of hydrogen-bond acceptors (Lipinski definition) is 10. The minimum Gasteiger partial charge on any atom is -0.463 e. The summed E-state index contributed by atoms with van der Waals surface area (Å²) in [5.41, 5.74) is -1.63. The number of carbonyl (C=O) groups is 2. The standard InChI is InChI=1S/C25H36O10/c1-5-29-12(2)31-18-16-17(32-20(18)26)19-21(33-16)35-25(34-19)14-6-13-7-15(25)10-24(8-13,9-14)11-30-22(27)23(3,4)28/h12-19,21,28H,5-11H2,1-4H3. The average Bonchev–Trinajstić information content (AvgIpc) is 3.39. The van der Waals surface area contributed by atoms with Crippen LogP contribution in [0, 0.1) is 23.2 Å². The van der Waals surface area contributed by atoms with E-state index in [0.29, 0.717) is 19.1 Å². The van der Waals surface area contributed by atoms with Gasteiger partial charge in [0.2, 0.25) is 0 Å².